The summed E-state index contributed by atoms with van der Waals surface area (Å²) in [5.74, 6) is -0.493. The van der Waals surface area contributed by atoms with Gasteiger partial charge in [-0.25, -0.2) is 4.79 Å². The predicted octanol–water partition coefficient (Wildman–Crippen LogP) is 2.85. The van der Waals surface area contributed by atoms with E-state index in [0.29, 0.717) is 29.3 Å². The molecule has 1 fully saturated rings. The van der Waals surface area contributed by atoms with Gasteiger partial charge in [-0.3, -0.25) is 9.69 Å². The molecule has 4 rings (SSSR count). The molecule has 0 radical (unpaired) electrons. The molecule has 3 atom stereocenters. The average Bonchev–Trinajstić information content (AvgIpc) is 3.21. The van der Waals surface area contributed by atoms with Crippen molar-refractivity contribution in [1.82, 2.24) is 9.47 Å². The van der Waals surface area contributed by atoms with E-state index in [4.69, 9.17) is 4.74 Å². The first-order valence-electron chi connectivity index (χ1n) is 11.2. The second-order valence-electron chi connectivity index (χ2n) is 8.71. The first-order valence-corrected chi connectivity index (χ1v) is 11.8. The third kappa shape index (κ3) is 3.83. The quantitative estimate of drug-likeness (QED) is 0.661. The van der Waals surface area contributed by atoms with Crippen molar-refractivity contribution < 1.29 is 14.6 Å². The standard InChI is InChI=1S/C23H32N3O4P/c1-4-7-24(8-5-2)15-6-9-25(11-15)20-18(31)10-16-19-22(20)30-13-14(3)26(19)12-17(21(16)27)23(28)29/h10,12,14-15H,4-9,11,13,31H2,1-3H3,(H,28,29)/t14-,15?/m0/s1. The molecule has 0 aliphatic carbocycles. The van der Waals surface area contributed by atoms with E-state index in [1.807, 2.05) is 17.6 Å². The third-order valence-corrected chi connectivity index (χ3v) is 6.91. The van der Waals surface area contributed by atoms with Gasteiger partial charge in [0.1, 0.15) is 12.2 Å². The Balaban J connectivity index is 1.81. The number of anilines is 1. The highest BCUT2D eigenvalue weighted by Gasteiger charge is 2.33. The molecule has 0 amide bonds. The first kappa shape index (κ1) is 22.1. The van der Waals surface area contributed by atoms with E-state index in [0.717, 1.165) is 56.4 Å². The summed E-state index contributed by atoms with van der Waals surface area (Å²) in [5.41, 5.74) is 1.07. The van der Waals surface area contributed by atoms with Crippen LogP contribution in [0.5, 0.6) is 5.75 Å². The lowest BCUT2D eigenvalue weighted by Gasteiger charge is -2.33. The number of pyridine rings is 1. The Kier molecular flexibility index (Phi) is 6.27. The van der Waals surface area contributed by atoms with E-state index in [2.05, 4.69) is 32.9 Å². The molecule has 2 unspecified atom stereocenters. The lowest BCUT2D eigenvalue weighted by Crippen LogP contribution is -2.39. The van der Waals surface area contributed by atoms with Gasteiger partial charge in [-0.05, 0) is 50.6 Å². The Morgan fingerprint density at radius 3 is 2.68 bits per heavy atom. The Morgan fingerprint density at radius 2 is 2.03 bits per heavy atom. The molecule has 1 saturated heterocycles. The van der Waals surface area contributed by atoms with Crippen LogP contribution in [-0.4, -0.2) is 59.4 Å². The van der Waals surface area contributed by atoms with Crippen molar-refractivity contribution in [3.05, 3.63) is 28.0 Å². The summed E-state index contributed by atoms with van der Waals surface area (Å²) in [6.45, 7) is 11.0. The SMILES string of the molecule is CCCN(CCC)C1CCN(c2c(P)cc3c(=O)c(C(=O)O)cn4c3c2OC[C@@H]4C)C1. The van der Waals surface area contributed by atoms with Crippen molar-refractivity contribution in [3.63, 3.8) is 0 Å². The highest BCUT2D eigenvalue weighted by molar-refractivity contribution is 7.28. The fraction of sp³-hybridized carbons (Fsp3) is 0.565. The van der Waals surface area contributed by atoms with Crippen molar-refractivity contribution >= 4 is 37.1 Å². The van der Waals surface area contributed by atoms with Crippen LogP contribution in [0, 0.1) is 0 Å². The number of carboxylic acid groups (broad SMARTS) is 1. The molecule has 1 N–H and O–H groups in total. The van der Waals surface area contributed by atoms with Crippen LogP contribution < -0.4 is 20.4 Å². The zero-order valence-electron chi connectivity index (χ0n) is 18.6. The number of benzene rings is 1. The molecule has 1 aromatic carbocycles. The van der Waals surface area contributed by atoms with Crippen LogP contribution in [0.25, 0.3) is 10.9 Å². The Morgan fingerprint density at radius 1 is 1.32 bits per heavy atom. The molecule has 3 heterocycles. The molecular formula is C23H32N3O4P. The summed E-state index contributed by atoms with van der Waals surface area (Å²) < 4.78 is 8.11. The second-order valence-corrected chi connectivity index (χ2v) is 9.33. The normalized spacial score (nSPS) is 20.5. The number of nitrogens with zero attached hydrogens (tertiary/aromatic N) is 3. The molecule has 7 nitrogen and oxygen atoms in total. The van der Waals surface area contributed by atoms with Crippen molar-refractivity contribution in [1.29, 1.82) is 0 Å². The van der Waals surface area contributed by atoms with Gasteiger partial charge in [0.2, 0.25) is 5.43 Å². The monoisotopic (exact) mass is 445 g/mol. The number of aromatic carboxylic acids is 1. The molecule has 0 spiro atoms. The predicted molar refractivity (Wildman–Crippen MR) is 127 cm³/mol. The van der Waals surface area contributed by atoms with Crippen LogP contribution in [0.4, 0.5) is 5.69 Å². The van der Waals surface area contributed by atoms with E-state index in [1.165, 1.54) is 6.20 Å². The smallest absolute Gasteiger partial charge is 0.341 e. The van der Waals surface area contributed by atoms with Gasteiger partial charge in [-0.2, -0.15) is 0 Å². The van der Waals surface area contributed by atoms with Gasteiger partial charge in [0.25, 0.3) is 0 Å². The molecule has 1 aromatic heterocycles. The number of carboxylic acids is 1. The van der Waals surface area contributed by atoms with Crippen molar-refractivity contribution in [3.8, 4) is 5.75 Å². The highest BCUT2D eigenvalue weighted by Crippen LogP contribution is 2.41. The van der Waals surface area contributed by atoms with E-state index < -0.39 is 11.4 Å². The maximum atomic E-state index is 12.9. The van der Waals surface area contributed by atoms with E-state index >= 15 is 0 Å². The largest absolute Gasteiger partial charge is 0.487 e. The number of aromatic nitrogens is 1. The molecule has 8 heteroatoms. The summed E-state index contributed by atoms with van der Waals surface area (Å²) >= 11 is 0. The lowest BCUT2D eigenvalue weighted by molar-refractivity contribution is 0.0694. The van der Waals surface area contributed by atoms with Gasteiger partial charge in [0, 0.05) is 25.3 Å². The van der Waals surface area contributed by atoms with Crippen LogP contribution in [0.1, 0.15) is 56.4 Å². The van der Waals surface area contributed by atoms with E-state index in [9.17, 15) is 14.7 Å². The van der Waals surface area contributed by atoms with Gasteiger partial charge >= 0.3 is 5.97 Å². The minimum Gasteiger partial charge on any atom is -0.487 e. The molecule has 0 saturated carbocycles. The highest BCUT2D eigenvalue weighted by atomic mass is 31.0. The van der Waals surface area contributed by atoms with Crippen LogP contribution >= 0.6 is 9.24 Å². The van der Waals surface area contributed by atoms with Crippen LogP contribution in [0.2, 0.25) is 0 Å². The maximum Gasteiger partial charge on any atom is 0.341 e. The molecular weight excluding hydrogens is 413 g/mol. The van der Waals surface area contributed by atoms with Crippen molar-refractivity contribution in [2.24, 2.45) is 0 Å². The van der Waals surface area contributed by atoms with Gasteiger partial charge in [0.05, 0.1) is 22.6 Å². The summed E-state index contributed by atoms with van der Waals surface area (Å²) in [7, 11) is 2.74. The Hall–Kier alpha value is -2.11. The number of rotatable bonds is 7. The van der Waals surface area contributed by atoms with E-state index in [-0.39, 0.29) is 11.6 Å². The van der Waals surface area contributed by atoms with Crippen molar-refractivity contribution in [2.45, 2.75) is 52.1 Å². The Labute approximate surface area is 185 Å². The second kappa shape index (κ2) is 8.79. The number of carbonyl (C=O) groups is 1. The lowest BCUT2D eigenvalue weighted by atomic mass is 10.1. The van der Waals surface area contributed by atoms with Crippen LogP contribution in [0.15, 0.2) is 17.1 Å². The summed E-state index contributed by atoms with van der Waals surface area (Å²) in [4.78, 5) is 29.5. The summed E-state index contributed by atoms with van der Waals surface area (Å²) in [6.07, 6.45) is 4.87. The fourth-order valence-electron chi connectivity index (χ4n) is 5.04. The zero-order valence-corrected chi connectivity index (χ0v) is 19.7. The van der Waals surface area contributed by atoms with Crippen molar-refractivity contribution in [2.75, 3.05) is 37.7 Å². The molecule has 31 heavy (non-hydrogen) atoms. The molecule has 0 bridgehead atoms. The third-order valence-electron chi connectivity index (χ3n) is 6.47. The van der Waals surface area contributed by atoms with Gasteiger partial charge in [-0.15, -0.1) is 9.24 Å². The van der Waals surface area contributed by atoms with Crippen LogP contribution in [0.3, 0.4) is 0 Å². The average molecular weight is 446 g/mol. The zero-order chi connectivity index (χ0) is 22.3. The molecule has 2 aliphatic rings. The molecule has 2 aromatic rings. The fourth-order valence-corrected chi connectivity index (χ4v) is 5.52. The van der Waals surface area contributed by atoms with E-state index in [1.54, 1.807) is 0 Å². The number of hydrogen-bond acceptors (Lipinski definition) is 5. The minimum absolute atomic E-state index is 0.0483. The minimum atomic E-state index is -1.19. The van der Waals surface area contributed by atoms with Crippen LogP contribution in [-0.2, 0) is 0 Å². The van der Waals surface area contributed by atoms with Gasteiger partial charge in [0.15, 0.2) is 5.75 Å². The number of ether oxygens (including phenoxy) is 1. The summed E-state index contributed by atoms with van der Waals surface area (Å²) in [6, 6.07) is 2.27. The maximum absolute atomic E-state index is 12.9. The topological polar surface area (TPSA) is 75.0 Å². The molecule has 2 aliphatic heterocycles. The Bertz CT molecular complexity index is 1060. The number of hydrogen-bond donors (Lipinski definition) is 1. The first-order chi connectivity index (χ1) is 14.9. The van der Waals surface area contributed by atoms with Gasteiger partial charge < -0.3 is 19.3 Å². The summed E-state index contributed by atoms with van der Waals surface area (Å²) in [5, 5.41) is 10.8. The molecule has 168 valence electrons. The van der Waals surface area contributed by atoms with Gasteiger partial charge in [-0.1, -0.05) is 13.8 Å².